The Labute approximate surface area is 274 Å². The van der Waals surface area contributed by atoms with Gasteiger partial charge in [0.05, 0.1) is 0 Å². The molecule has 0 radical (unpaired) electrons. The van der Waals surface area contributed by atoms with Gasteiger partial charge < -0.3 is 0 Å². The van der Waals surface area contributed by atoms with Crippen LogP contribution in [-0.4, -0.2) is 0 Å². The Hall–Kier alpha value is -5.42. The van der Waals surface area contributed by atoms with Gasteiger partial charge in [0.1, 0.15) is 0 Å². The zero-order valence-electron chi connectivity index (χ0n) is 24.9. The van der Waals surface area contributed by atoms with Crippen molar-refractivity contribution in [2.24, 2.45) is 0 Å². The normalized spacial score (nSPS) is 11.0. The largest absolute Gasteiger partial charge is 0.289 e. The molecule has 0 aliphatic heterocycles. The third-order valence-corrected chi connectivity index (χ3v) is 10.5. The third kappa shape index (κ3) is 5.39. The van der Waals surface area contributed by atoms with E-state index in [0.29, 0.717) is 0 Å². The monoisotopic (exact) mass is 628 g/mol. The molecule has 0 spiro atoms. The fraction of sp³-hybridized carbons (Fsp3) is 0. The van der Waals surface area contributed by atoms with Gasteiger partial charge in [0, 0.05) is 45.9 Å². The van der Waals surface area contributed by atoms with Gasteiger partial charge in [0.2, 0.25) is 0 Å². The topological polar surface area (TPSA) is 34.1 Å². The molecule has 2 heterocycles. The van der Waals surface area contributed by atoms with E-state index in [0.717, 1.165) is 73.7 Å². The molecule has 0 aliphatic carbocycles. The SMILES string of the molecule is C=Cc1cc(C=C)c2sc3ccccc3c(=O)c2c1.O=c1c2ccccc2sc2c(-c3ccccc3)cc(-c3ccccc3)cc12. The van der Waals surface area contributed by atoms with Crippen LogP contribution in [0.4, 0.5) is 0 Å². The molecular weight excluding hydrogens is 601 g/mol. The third-order valence-electron chi connectivity index (χ3n) is 8.05. The zero-order chi connectivity index (χ0) is 31.6. The van der Waals surface area contributed by atoms with E-state index in [2.05, 4.69) is 43.5 Å². The van der Waals surface area contributed by atoms with Crippen molar-refractivity contribution in [1.29, 1.82) is 0 Å². The second-order valence-electron chi connectivity index (χ2n) is 10.9. The highest BCUT2D eigenvalue weighted by molar-refractivity contribution is 7.25. The first-order valence-corrected chi connectivity index (χ1v) is 16.5. The quantitative estimate of drug-likeness (QED) is 0.182. The fourth-order valence-corrected chi connectivity index (χ4v) is 8.10. The van der Waals surface area contributed by atoms with E-state index in [1.807, 2.05) is 103 Å². The molecule has 0 amide bonds. The van der Waals surface area contributed by atoms with Gasteiger partial charge in [-0.2, -0.15) is 0 Å². The van der Waals surface area contributed by atoms with Crippen LogP contribution in [0.25, 0.3) is 74.8 Å². The maximum atomic E-state index is 13.3. The molecule has 0 aliphatic rings. The average molecular weight is 629 g/mol. The summed E-state index contributed by atoms with van der Waals surface area (Å²) in [6.07, 6.45) is 3.55. The van der Waals surface area contributed by atoms with E-state index in [-0.39, 0.29) is 10.9 Å². The molecule has 8 aromatic rings. The van der Waals surface area contributed by atoms with E-state index in [9.17, 15) is 9.59 Å². The Balaban J connectivity index is 0.000000157. The Kier molecular flexibility index (Phi) is 7.98. The first kappa shape index (κ1) is 29.3. The molecule has 0 saturated carbocycles. The molecule has 4 heteroatoms. The number of fused-ring (bicyclic) bond motifs is 4. The van der Waals surface area contributed by atoms with Crippen LogP contribution >= 0.6 is 22.7 Å². The Morgan fingerprint density at radius 3 is 1.57 bits per heavy atom. The van der Waals surface area contributed by atoms with Crippen molar-refractivity contribution in [3.8, 4) is 22.3 Å². The van der Waals surface area contributed by atoms with Crippen LogP contribution < -0.4 is 10.9 Å². The highest BCUT2D eigenvalue weighted by Crippen LogP contribution is 2.37. The molecule has 46 heavy (non-hydrogen) atoms. The van der Waals surface area contributed by atoms with E-state index >= 15 is 0 Å². The standard InChI is InChI=1S/C25H16OS.C17H12OS/c26-24-20-13-7-8-14-23(20)27-25-21(18-11-5-2-6-12-18)15-19(16-22(24)25)17-9-3-1-4-10-17;1-3-11-9-12(4-2)17-14(10-11)16(18)13-7-5-6-8-15(13)19-17/h1-16H;3-10H,1-2H2. The molecule has 2 nitrogen and oxygen atoms in total. The molecule has 0 unspecified atom stereocenters. The summed E-state index contributed by atoms with van der Waals surface area (Å²) < 4.78 is 4.07. The van der Waals surface area contributed by atoms with Crippen molar-refractivity contribution in [2.45, 2.75) is 0 Å². The van der Waals surface area contributed by atoms with E-state index in [1.54, 1.807) is 34.8 Å². The summed E-state index contributed by atoms with van der Waals surface area (Å²) in [5.74, 6) is 0. The first-order chi connectivity index (χ1) is 22.6. The lowest BCUT2D eigenvalue weighted by Crippen LogP contribution is -2.02. The minimum absolute atomic E-state index is 0.0798. The van der Waals surface area contributed by atoms with Crippen LogP contribution in [0.2, 0.25) is 0 Å². The molecule has 6 aromatic carbocycles. The summed E-state index contributed by atoms with van der Waals surface area (Å²) >= 11 is 3.32. The minimum Gasteiger partial charge on any atom is -0.289 e. The second-order valence-corrected chi connectivity index (χ2v) is 13.0. The average Bonchev–Trinajstić information content (AvgIpc) is 3.12. The van der Waals surface area contributed by atoms with Gasteiger partial charge in [-0.1, -0.05) is 110 Å². The van der Waals surface area contributed by atoms with Gasteiger partial charge in [0.25, 0.3) is 0 Å². The molecule has 0 atom stereocenters. The molecule has 8 rings (SSSR count). The van der Waals surface area contributed by atoms with E-state index in [1.165, 1.54) is 0 Å². The van der Waals surface area contributed by atoms with Gasteiger partial charge >= 0.3 is 0 Å². The first-order valence-electron chi connectivity index (χ1n) is 14.9. The minimum atomic E-state index is 0.0798. The Morgan fingerprint density at radius 2 is 0.978 bits per heavy atom. The van der Waals surface area contributed by atoms with Gasteiger partial charge in [-0.3, -0.25) is 9.59 Å². The van der Waals surface area contributed by atoms with Crippen molar-refractivity contribution in [2.75, 3.05) is 0 Å². The highest BCUT2D eigenvalue weighted by Gasteiger charge is 2.14. The predicted octanol–water partition coefficient (Wildman–Crippen LogP) is 11.4. The summed E-state index contributed by atoms with van der Waals surface area (Å²) in [5, 5.41) is 3.10. The van der Waals surface area contributed by atoms with Crippen molar-refractivity contribution in [3.05, 3.63) is 178 Å². The maximum Gasteiger partial charge on any atom is 0.195 e. The molecular formula is C42H28O2S2. The number of benzene rings is 6. The predicted molar refractivity (Wildman–Crippen MR) is 202 cm³/mol. The van der Waals surface area contributed by atoms with Crippen molar-refractivity contribution < 1.29 is 0 Å². The second kappa shape index (κ2) is 12.5. The lowest BCUT2D eigenvalue weighted by Gasteiger charge is -2.11. The van der Waals surface area contributed by atoms with Crippen LogP contribution in [0, 0.1) is 0 Å². The summed E-state index contributed by atoms with van der Waals surface area (Å²) in [6, 6.07) is 44.3. The summed E-state index contributed by atoms with van der Waals surface area (Å²) in [6.45, 7) is 7.61. The van der Waals surface area contributed by atoms with Crippen LogP contribution in [-0.2, 0) is 0 Å². The Bertz CT molecular complexity index is 2540. The summed E-state index contributed by atoms with van der Waals surface area (Å²) in [4.78, 5) is 25.8. The Morgan fingerprint density at radius 1 is 0.457 bits per heavy atom. The number of hydrogen-bond donors (Lipinski definition) is 0. The number of rotatable bonds is 4. The van der Waals surface area contributed by atoms with Crippen LogP contribution in [0.5, 0.6) is 0 Å². The molecule has 2 aromatic heterocycles. The van der Waals surface area contributed by atoms with Crippen LogP contribution in [0.15, 0.2) is 156 Å². The van der Waals surface area contributed by atoms with Gasteiger partial charge in [-0.25, -0.2) is 0 Å². The molecule has 0 bridgehead atoms. The number of hydrogen-bond acceptors (Lipinski definition) is 4. The molecule has 0 saturated heterocycles. The van der Waals surface area contributed by atoms with Crippen molar-refractivity contribution in [3.63, 3.8) is 0 Å². The van der Waals surface area contributed by atoms with E-state index < -0.39 is 0 Å². The summed E-state index contributed by atoms with van der Waals surface area (Å²) in [5.41, 5.74) is 6.55. The molecule has 0 fully saturated rings. The molecule has 0 N–H and O–H groups in total. The van der Waals surface area contributed by atoms with Gasteiger partial charge in [0.15, 0.2) is 10.9 Å². The zero-order valence-corrected chi connectivity index (χ0v) is 26.5. The van der Waals surface area contributed by atoms with E-state index in [4.69, 9.17) is 0 Å². The maximum absolute atomic E-state index is 13.3. The fourth-order valence-electron chi connectivity index (χ4n) is 5.76. The highest BCUT2D eigenvalue weighted by atomic mass is 32.1. The molecule has 220 valence electrons. The smallest absolute Gasteiger partial charge is 0.195 e. The van der Waals surface area contributed by atoms with Gasteiger partial charge in [-0.15, -0.1) is 22.7 Å². The van der Waals surface area contributed by atoms with Crippen molar-refractivity contribution in [1.82, 2.24) is 0 Å². The van der Waals surface area contributed by atoms with Crippen molar-refractivity contribution >= 4 is 75.2 Å². The van der Waals surface area contributed by atoms with Crippen LogP contribution in [0.1, 0.15) is 11.1 Å². The lowest BCUT2D eigenvalue weighted by atomic mass is 9.96. The van der Waals surface area contributed by atoms with Crippen LogP contribution in [0.3, 0.4) is 0 Å². The summed E-state index contributed by atoms with van der Waals surface area (Å²) in [7, 11) is 0. The lowest BCUT2D eigenvalue weighted by molar-refractivity contribution is 1.62. The van der Waals surface area contributed by atoms with Gasteiger partial charge in [-0.05, 0) is 76.3 Å².